The Morgan fingerprint density at radius 1 is 0.282 bits per heavy atom. The summed E-state index contributed by atoms with van der Waals surface area (Å²) >= 11 is 0. The number of aliphatic hydroxyl groups excluding tert-OH is 1. The van der Waals surface area contributed by atoms with Gasteiger partial charge in [0.15, 0.2) is 12.2 Å². The van der Waals surface area contributed by atoms with E-state index < -0.39 is 97.5 Å². The summed E-state index contributed by atoms with van der Waals surface area (Å²) in [6.07, 6.45) is 66.8. The summed E-state index contributed by atoms with van der Waals surface area (Å²) in [5.74, 6) is -0.577. The van der Waals surface area contributed by atoms with E-state index in [9.17, 15) is 43.2 Å². The van der Waals surface area contributed by atoms with Gasteiger partial charge in [0.25, 0.3) is 0 Å². The highest BCUT2D eigenvalue weighted by Crippen LogP contribution is 2.45. The zero-order valence-corrected chi connectivity index (χ0v) is 69.4. The molecule has 3 N–H and O–H groups in total. The fraction of sp³-hybridized carbons (Fsp3) is 0.952. The molecule has 0 fully saturated rings. The Hall–Kier alpha value is -1.94. The Kier molecular flexibility index (Phi) is 74.1. The third-order valence-electron chi connectivity index (χ3n) is 20.1. The van der Waals surface area contributed by atoms with Gasteiger partial charge in [-0.15, -0.1) is 0 Å². The quantitative estimate of drug-likeness (QED) is 0.0222. The molecule has 0 aliphatic carbocycles. The number of aliphatic hydroxyl groups is 1. The second kappa shape index (κ2) is 75.5. The van der Waals surface area contributed by atoms with Crippen LogP contribution in [0.5, 0.6) is 0 Å². The number of hydrogen-bond acceptors (Lipinski definition) is 15. The molecule has 0 amide bonds. The van der Waals surface area contributed by atoms with Gasteiger partial charge in [-0.3, -0.25) is 37.3 Å². The number of carbonyl (C=O) groups is 4. The van der Waals surface area contributed by atoms with Gasteiger partial charge in [-0.1, -0.05) is 395 Å². The number of unbranched alkanes of at least 4 members (excludes halogenated alkanes) is 52. The molecule has 19 heteroatoms. The molecule has 17 nitrogen and oxygen atoms in total. The molecule has 0 saturated heterocycles. The van der Waals surface area contributed by atoms with E-state index in [-0.39, 0.29) is 25.7 Å². The molecule has 0 bridgehead atoms. The second-order valence-corrected chi connectivity index (χ2v) is 33.8. The van der Waals surface area contributed by atoms with Crippen molar-refractivity contribution in [3.8, 4) is 0 Å². The van der Waals surface area contributed by atoms with Gasteiger partial charge < -0.3 is 33.8 Å². The lowest BCUT2D eigenvalue weighted by molar-refractivity contribution is -0.161. The minimum atomic E-state index is -4.96. The average molecular weight is 1510 g/mol. The Balaban J connectivity index is 5.22. The van der Waals surface area contributed by atoms with E-state index in [1.807, 2.05) is 0 Å². The summed E-state index contributed by atoms with van der Waals surface area (Å²) < 4.78 is 68.8. The lowest BCUT2D eigenvalue weighted by Crippen LogP contribution is -2.30. The first-order valence-electron chi connectivity index (χ1n) is 43.5. The Bertz CT molecular complexity index is 1980. The molecular weight excluding hydrogens is 1340 g/mol. The van der Waals surface area contributed by atoms with Gasteiger partial charge in [-0.05, 0) is 37.5 Å². The van der Waals surface area contributed by atoms with Crippen molar-refractivity contribution >= 4 is 39.5 Å². The highest BCUT2D eigenvalue weighted by Gasteiger charge is 2.30. The predicted octanol–water partition coefficient (Wildman–Crippen LogP) is 25.5. The van der Waals surface area contributed by atoms with Crippen molar-refractivity contribution in [2.45, 2.75) is 464 Å². The van der Waals surface area contributed by atoms with Crippen LogP contribution in [-0.2, 0) is 65.4 Å². The van der Waals surface area contributed by atoms with E-state index >= 15 is 0 Å². The fourth-order valence-corrected chi connectivity index (χ4v) is 14.6. The summed E-state index contributed by atoms with van der Waals surface area (Å²) in [5, 5.41) is 10.7. The Morgan fingerprint density at radius 3 is 0.738 bits per heavy atom. The van der Waals surface area contributed by atoms with E-state index in [0.717, 1.165) is 102 Å². The molecule has 0 spiro atoms. The molecule has 0 aromatic rings. The molecule has 0 heterocycles. The molecule has 0 rings (SSSR count). The smallest absolute Gasteiger partial charge is 0.462 e. The van der Waals surface area contributed by atoms with Crippen molar-refractivity contribution < 1.29 is 80.2 Å². The molecular formula is C84H164O17P2. The zero-order valence-electron chi connectivity index (χ0n) is 67.6. The van der Waals surface area contributed by atoms with E-state index in [4.69, 9.17) is 37.0 Å². The molecule has 0 aliphatic heterocycles. The Labute approximate surface area is 632 Å². The van der Waals surface area contributed by atoms with Gasteiger partial charge in [-0.2, -0.15) is 0 Å². The normalized spacial score (nSPS) is 14.1. The maximum absolute atomic E-state index is 13.1. The lowest BCUT2D eigenvalue weighted by Gasteiger charge is -2.21. The number of hydrogen-bond donors (Lipinski definition) is 3. The summed E-state index contributed by atoms with van der Waals surface area (Å²) in [4.78, 5) is 73.1. The number of carbonyl (C=O) groups excluding carboxylic acids is 4. The van der Waals surface area contributed by atoms with Crippen LogP contribution in [0, 0.1) is 11.8 Å². The fourth-order valence-electron chi connectivity index (χ4n) is 13.0. The van der Waals surface area contributed by atoms with Crippen molar-refractivity contribution in [3.05, 3.63) is 0 Å². The van der Waals surface area contributed by atoms with Crippen LogP contribution in [-0.4, -0.2) is 96.7 Å². The van der Waals surface area contributed by atoms with Crippen molar-refractivity contribution in [2.75, 3.05) is 39.6 Å². The van der Waals surface area contributed by atoms with Crippen molar-refractivity contribution in [1.29, 1.82) is 0 Å². The van der Waals surface area contributed by atoms with Crippen LogP contribution in [0.15, 0.2) is 0 Å². The number of phosphoric acid groups is 2. The maximum Gasteiger partial charge on any atom is 0.472 e. The maximum atomic E-state index is 13.1. The minimum Gasteiger partial charge on any atom is -0.462 e. The largest absolute Gasteiger partial charge is 0.472 e. The summed E-state index contributed by atoms with van der Waals surface area (Å²) in [5.41, 5.74) is 0. The molecule has 3 unspecified atom stereocenters. The van der Waals surface area contributed by atoms with Crippen LogP contribution in [0.1, 0.15) is 446 Å². The van der Waals surface area contributed by atoms with Crippen LogP contribution in [0.4, 0.5) is 0 Å². The van der Waals surface area contributed by atoms with Crippen LogP contribution >= 0.6 is 15.6 Å². The molecule has 0 aliphatic rings. The van der Waals surface area contributed by atoms with Crippen LogP contribution in [0.3, 0.4) is 0 Å². The predicted molar refractivity (Wildman–Crippen MR) is 423 cm³/mol. The van der Waals surface area contributed by atoms with E-state index in [0.29, 0.717) is 31.6 Å². The van der Waals surface area contributed by atoms with Crippen molar-refractivity contribution in [3.63, 3.8) is 0 Å². The van der Waals surface area contributed by atoms with Gasteiger partial charge in [0.05, 0.1) is 26.4 Å². The van der Waals surface area contributed by atoms with Crippen molar-refractivity contribution in [1.82, 2.24) is 0 Å². The third kappa shape index (κ3) is 76.6. The number of rotatable bonds is 83. The molecule has 0 saturated carbocycles. The van der Waals surface area contributed by atoms with Gasteiger partial charge >= 0.3 is 39.5 Å². The van der Waals surface area contributed by atoms with Crippen LogP contribution < -0.4 is 0 Å². The van der Waals surface area contributed by atoms with Crippen molar-refractivity contribution in [2.24, 2.45) is 11.8 Å². The van der Waals surface area contributed by atoms with E-state index in [1.54, 1.807) is 0 Å². The molecule has 6 atom stereocenters. The van der Waals surface area contributed by atoms with Gasteiger partial charge in [0.1, 0.15) is 19.3 Å². The van der Waals surface area contributed by atoms with Gasteiger partial charge in [-0.25, -0.2) is 9.13 Å². The summed E-state index contributed by atoms with van der Waals surface area (Å²) in [6.45, 7) is 9.63. The van der Waals surface area contributed by atoms with Crippen LogP contribution in [0.2, 0.25) is 0 Å². The lowest BCUT2D eigenvalue weighted by atomic mass is 9.99. The number of phosphoric ester groups is 2. The molecule has 103 heavy (non-hydrogen) atoms. The monoisotopic (exact) mass is 1510 g/mol. The molecule has 612 valence electrons. The van der Waals surface area contributed by atoms with Crippen LogP contribution in [0.25, 0.3) is 0 Å². The molecule has 0 radical (unpaired) electrons. The summed E-state index contributed by atoms with van der Waals surface area (Å²) in [7, 11) is -9.92. The third-order valence-corrected chi connectivity index (χ3v) is 22.0. The number of esters is 4. The minimum absolute atomic E-state index is 0.107. The van der Waals surface area contributed by atoms with E-state index in [1.165, 1.54) is 257 Å². The zero-order chi connectivity index (χ0) is 75.6. The highest BCUT2D eigenvalue weighted by molar-refractivity contribution is 7.47. The second-order valence-electron chi connectivity index (χ2n) is 30.9. The standard InChI is InChI=1S/C84H164O17P2/c1-7-10-12-14-16-18-20-22-24-26-27-28-29-31-37-41-45-49-57-63-68-83(88)100-79(72-94-81(86)66-60-54-47-43-39-35-33-32-34-38-42-46-53-59-65-77(6)9-3)74-98-102(90,91)96-70-78(85)71-97-103(92,93)99-75-80(73-95-82(87)67-61-55-51-50-52-58-64-76(4)5)101-84(89)69-62-56-48-44-40-36-30-25-23-21-19-17-15-13-11-8-2/h76-80,85H,7-75H2,1-6H3,(H,90,91)(H,92,93)/t77?,78-,79-,80-/m1/s1. The summed E-state index contributed by atoms with van der Waals surface area (Å²) in [6, 6.07) is 0. The SMILES string of the molecule is CCCCCCCCCCCCCCCCCCCCCCC(=O)O[C@H](COC(=O)CCCCCCCCCCCCCCCCC(C)CC)COP(=O)(O)OC[C@@H](O)COP(=O)(O)OC[C@@H](COC(=O)CCCCCCCCC(C)C)OC(=O)CCCCCCCCCCCCCCCCCC. The first-order valence-corrected chi connectivity index (χ1v) is 46.5. The van der Waals surface area contributed by atoms with Gasteiger partial charge in [0.2, 0.25) is 0 Å². The van der Waals surface area contributed by atoms with E-state index in [2.05, 4.69) is 41.5 Å². The molecule has 0 aromatic heterocycles. The van der Waals surface area contributed by atoms with Gasteiger partial charge in [0, 0.05) is 25.7 Å². The molecule has 0 aromatic carbocycles. The topological polar surface area (TPSA) is 237 Å². The Morgan fingerprint density at radius 2 is 0.495 bits per heavy atom. The highest BCUT2D eigenvalue weighted by atomic mass is 31.2. The average Bonchev–Trinajstić information content (AvgIpc) is 0.922. The number of ether oxygens (including phenoxy) is 4. The first kappa shape index (κ1) is 101. The first-order chi connectivity index (χ1) is 49.9.